The van der Waals surface area contributed by atoms with Crippen LogP contribution in [0.4, 0.5) is 0 Å². The van der Waals surface area contributed by atoms with Crippen LogP contribution in [0.3, 0.4) is 0 Å². The molecule has 0 radical (unpaired) electrons. The molecule has 2 aromatic rings. The van der Waals surface area contributed by atoms with E-state index in [0.29, 0.717) is 16.1 Å². The monoisotopic (exact) mass is 412 g/mol. The van der Waals surface area contributed by atoms with Gasteiger partial charge in [-0.15, -0.1) is 0 Å². The van der Waals surface area contributed by atoms with Gasteiger partial charge in [-0.25, -0.2) is 4.79 Å². The molecule has 0 amide bonds. The van der Waals surface area contributed by atoms with Crippen molar-refractivity contribution < 1.29 is 14.6 Å². The van der Waals surface area contributed by atoms with Crippen LogP contribution in [-0.4, -0.2) is 11.1 Å². The average molecular weight is 414 g/mol. The summed E-state index contributed by atoms with van der Waals surface area (Å²) < 4.78 is 7.39. The summed E-state index contributed by atoms with van der Waals surface area (Å²) in [6.07, 6.45) is 0. The van der Waals surface area contributed by atoms with Crippen LogP contribution in [0.15, 0.2) is 45.3 Å². The van der Waals surface area contributed by atoms with Crippen LogP contribution in [0.1, 0.15) is 35.7 Å². The number of rotatable bonds is 4. The van der Waals surface area contributed by atoms with Gasteiger partial charge in [0.25, 0.3) is 0 Å². The van der Waals surface area contributed by atoms with E-state index in [0.717, 1.165) is 15.8 Å². The summed E-state index contributed by atoms with van der Waals surface area (Å²) in [7, 11) is 0. The molecule has 0 spiro atoms. The van der Waals surface area contributed by atoms with E-state index in [1.54, 1.807) is 12.1 Å². The largest absolute Gasteiger partial charge is 0.478 e. The molecular formula is C16H14Br2O3. The van der Waals surface area contributed by atoms with Crippen LogP contribution >= 0.6 is 31.9 Å². The number of carboxylic acid groups (broad SMARTS) is 1. The van der Waals surface area contributed by atoms with Gasteiger partial charge in [-0.05, 0) is 63.8 Å². The summed E-state index contributed by atoms with van der Waals surface area (Å²) in [5, 5.41) is 9.02. The zero-order valence-electron chi connectivity index (χ0n) is 11.6. The lowest BCUT2D eigenvalue weighted by molar-refractivity contribution is 0.0696. The molecule has 0 aromatic heterocycles. The van der Waals surface area contributed by atoms with E-state index in [1.807, 2.05) is 18.2 Å². The van der Waals surface area contributed by atoms with Crippen molar-refractivity contribution in [1.82, 2.24) is 0 Å². The number of hydrogen-bond donors (Lipinski definition) is 1. The Bertz CT molecular complexity index is 681. The van der Waals surface area contributed by atoms with Crippen molar-refractivity contribution in [2.45, 2.75) is 19.8 Å². The van der Waals surface area contributed by atoms with Crippen molar-refractivity contribution >= 4 is 37.8 Å². The number of ether oxygens (including phenoxy) is 1. The topological polar surface area (TPSA) is 46.5 Å². The van der Waals surface area contributed by atoms with Crippen LogP contribution in [0, 0.1) is 0 Å². The molecule has 2 rings (SSSR count). The van der Waals surface area contributed by atoms with Crippen LogP contribution < -0.4 is 4.74 Å². The molecule has 0 unspecified atom stereocenters. The maximum atomic E-state index is 11.0. The van der Waals surface area contributed by atoms with Crippen molar-refractivity contribution in [3.63, 3.8) is 0 Å². The Labute approximate surface area is 140 Å². The Morgan fingerprint density at radius 3 is 2.43 bits per heavy atom. The van der Waals surface area contributed by atoms with E-state index in [2.05, 4.69) is 45.7 Å². The van der Waals surface area contributed by atoms with Crippen LogP contribution in [0.2, 0.25) is 0 Å². The fourth-order valence-corrected chi connectivity index (χ4v) is 2.83. The van der Waals surface area contributed by atoms with Crippen molar-refractivity contribution in [1.29, 1.82) is 0 Å². The first-order chi connectivity index (χ1) is 9.88. The van der Waals surface area contributed by atoms with Gasteiger partial charge < -0.3 is 9.84 Å². The van der Waals surface area contributed by atoms with Crippen molar-refractivity contribution in [2.24, 2.45) is 0 Å². The smallest absolute Gasteiger partial charge is 0.336 e. The number of carboxylic acids is 1. The van der Waals surface area contributed by atoms with Crippen molar-refractivity contribution in [3.05, 3.63) is 56.5 Å². The minimum absolute atomic E-state index is 0.210. The van der Waals surface area contributed by atoms with Crippen LogP contribution in [0.5, 0.6) is 11.5 Å². The minimum atomic E-state index is -0.972. The maximum Gasteiger partial charge on any atom is 0.336 e. The Kier molecular flexibility index (Phi) is 5.06. The van der Waals surface area contributed by atoms with Gasteiger partial charge in [-0.2, -0.15) is 0 Å². The third kappa shape index (κ3) is 3.86. The van der Waals surface area contributed by atoms with E-state index < -0.39 is 5.97 Å². The SMILES string of the molecule is CC(C)c1cc(Br)ccc1Oc1ccc(C(=O)O)c(Br)c1. The number of benzene rings is 2. The Hall–Kier alpha value is -1.33. The van der Waals surface area contributed by atoms with Gasteiger partial charge in [-0.3, -0.25) is 0 Å². The third-order valence-electron chi connectivity index (χ3n) is 2.99. The van der Waals surface area contributed by atoms with E-state index in [1.165, 1.54) is 6.07 Å². The Morgan fingerprint density at radius 1 is 1.14 bits per heavy atom. The Morgan fingerprint density at radius 2 is 1.86 bits per heavy atom. The average Bonchev–Trinajstić information content (AvgIpc) is 2.40. The molecule has 21 heavy (non-hydrogen) atoms. The molecule has 0 heterocycles. The molecule has 3 nitrogen and oxygen atoms in total. The van der Waals surface area contributed by atoms with Gasteiger partial charge in [0.1, 0.15) is 11.5 Å². The molecule has 1 N–H and O–H groups in total. The van der Waals surface area contributed by atoms with Gasteiger partial charge in [0.05, 0.1) is 5.56 Å². The van der Waals surface area contributed by atoms with Crippen LogP contribution in [0.25, 0.3) is 0 Å². The summed E-state index contributed by atoms with van der Waals surface area (Å²) >= 11 is 6.71. The molecule has 0 fully saturated rings. The molecule has 5 heteroatoms. The lowest BCUT2D eigenvalue weighted by Crippen LogP contribution is -1.98. The quantitative estimate of drug-likeness (QED) is 0.686. The summed E-state index contributed by atoms with van der Waals surface area (Å²) in [6, 6.07) is 10.7. The fourth-order valence-electron chi connectivity index (χ4n) is 1.92. The highest BCUT2D eigenvalue weighted by atomic mass is 79.9. The number of halogens is 2. The normalized spacial score (nSPS) is 10.7. The highest BCUT2D eigenvalue weighted by molar-refractivity contribution is 9.10. The standard InChI is InChI=1S/C16H14Br2O3/c1-9(2)13-7-10(17)3-6-15(13)21-11-4-5-12(16(19)20)14(18)8-11/h3-9H,1-2H3,(H,19,20). The Balaban J connectivity index is 2.34. The van der Waals surface area contributed by atoms with Crippen LogP contribution in [-0.2, 0) is 0 Å². The van der Waals surface area contributed by atoms with Gasteiger partial charge >= 0.3 is 5.97 Å². The predicted molar refractivity (Wildman–Crippen MR) is 89.4 cm³/mol. The first-order valence-corrected chi connectivity index (χ1v) is 7.97. The van der Waals surface area contributed by atoms with E-state index in [9.17, 15) is 4.79 Å². The molecule has 0 aliphatic carbocycles. The van der Waals surface area contributed by atoms with E-state index in [4.69, 9.17) is 9.84 Å². The molecule has 0 atom stereocenters. The summed E-state index contributed by atoms with van der Waals surface area (Å²) in [5.74, 6) is 0.707. The minimum Gasteiger partial charge on any atom is -0.478 e. The molecule has 0 aliphatic rings. The van der Waals surface area contributed by atoms with E-state index in [-0.39, 0.29) is 5.56 Å². The van der Waals surface area contributed by atoms with Gasteiger partial charge in [0, 0.05) is 8.95 Å². The second-order valence-electron chi connectivity index (χ2n) is 4.89. The lowest BCUT2D eigenvalue weighted by Gasteiger charge is -2.14. The molecular weight excluding hydrogens is 400 g/mol. The molecule has 0 bridgehead atoms. The first-order valence-electron chi connectivity index (χ1n) is 6.38. The number of carbonyl (C=O) groups is 1. The number of aromatic carboxylic acids is 1. The molecule has 0 saturated heterocycles. The lowest BCUT2D eigenvalue weighted by atomic mass is 10.0. The summed E-state index contributed by atoms with van der Waals surface area (Å²) in [4.78, 5) is 11.0. The molecule has 2 aromatic carbocycles. The van der Waals surface area contributed by atoms with Gasteiger partial charge in [0.15, 0.2) is 0 Å². The zero-order valence-corrected chi connectivity index (χ0v) is 14.7. The summed E-state index contributed by atoms with van der Waals surface area (Å²) in [6.45, 7) is 4.19. The molecule has 0 aliphatic heterocycles. The second-order valence-corrected chi connectivity index (χ2v) is 6.66. The molecule has 0 saturated carbocycles. The summed E-state index contributed by atoms with van der Waals surface area (Å²) in [5.41, 5.74) is 1.30. The zero-order chi connectivity index (χ0) is 15.6. The predicted octanol–water partition coefficient (Wildman–Crippen LogP) is 5.83. The number of hydrogen-bond acceptors (Lipinski definition) is 2. The first kappa shape index (κ1) is 16.0. The highest BCUT2D eigenvalue weighted by Crippen LogP contribution is 2.34. The molecule has 110 valence electrons. The van der Waals surface area contributed by atoms with Crippen molar-refractivity contribution in [3.8, 4) is 11.5 Å². The van der Waals surface area contributed by atoms with Gasteiger partial charge in [0.2, 0.25) is 0 Å². The fraction of sp³-hybridized carbons (Fsp3) is 0.188. The third-order valence-corrected chi connectivity index (χ3v) is 4.14. The van der Waals surface area contributed by atoms with E-state index >= 15 is 0 Å². The van der Waals surface area contributed by atoms with Gasteiger partial charge in [-0.1, -0.05) is 29.8 Å². The highest BCUT2D eigenvalue weighted by Gasteiger charge is 2.12. The van der Waals surface area contributed by atoms with Crippen molar-refractivity contribution in [2.75, 3.05) is 0 Å². The maximum absolute atomic E-state index is 11.0. The second kappa shape index (κ2) is 6.62.